The molecule has 0 saturated carbocycles. The fourth-order valence-electron chi connectivity index (χ4n) is 2.86. The number of benzene rings is 1. The Bertz CT molecular complexity index is 686. The summed E-state index contributed by atoms with van der Waals surface area (Å²) in [6, 6.07) is 5.69. The molecule has 1 aliphatic heterocycles. The predicted molar refractivity (Wildman–Crippen MR) is 85.0 cm³/mol. The average Bonchev–Trinajstić information content (AvgIpc) is 2.44. The topological polar surface area (TPSA) is 67.2 Å². The summed E-state index contributed by atoms with van der Waals surface area (Å²) in [4.78, 5) is 16.9. The Kier molecular flexibility index (Phi) is 4.98. The number of piperidine rings is 1. The largest absolute Gasteiger partial charge is 0.391 e. The first kappa shape index (κ1) is 15.9. The molecular weight excluding hydrogens is 290 g/mol. The van der Waals surface area contributed by atoms with Gasteiger partial charge in [-0.05, 0) is 31.5 Å². The number of nitrogens with one attached hydrogen (secondary N) is 1. The maximum Gasteiger partial charge on any atom is 0.261 e. The number of nitrogens with zero attached hydrogens (tertiary/aromatic N) is 2. The van der Waals surface area contributed by atoms with Crippen LogP contribution in [0, 0.1) is 12.8 Å². The van der Waals surface area contributed by atoms with Gasteiger partial charge < -0.3 is 10.4 Å². The van der Waals surface area contributed by atoms with Crippen molar-refractivity contribution in [3.8, 4) is 0 Å². The Morgan fingerprint density at radius 3 is 3.05 bits per heavy atom. The van der Waals surface area contributed by atoms with Gasteiger partial charge in [0.25, 0.3) is 5.56 Å². The van der Waals surface area contributed by atoms with E-state index in [2.05, 4.69) is 10.3 Å². The lowest BCUT2D eigenvalue weighted by molar-refractivity contribution is 0.0717. The van der Waals surface area contributed by atoms with Crippen molar-refractivity contribution in [2.75, 3.05) is 13.1 Å². The molecule has 2 atom stereocenters. The van der Waals surface area contributed by atoms with E-state index in [4.69, 9.17) is 0 Å². The predicted octanol–water partition coefficient (Wildman–Crippen LogP) is 1.10. The summed E-state index contributed by atoms with van der Waals surface area (Å²) in [6.45, 7) is 3.93. The van der Waals surface area contributed by atoms with Gasteiger partial charge in [-0.15, -0.1) is 12.4 Å². The fourth-order valence-corrected chi connectivity index (χ4v) is 2.86. The van der Waals surface area contributed by atoms with E-state index in [1.165, 1.54) is 0 Å². The molecule has 2 aromatic rings. The lowest BCUT2D eigenvalue weighted by Gasteiger charge is -2.28. The van der Waals surface area contributed by atoms with E-state index in [0.717, 1.165) is 24.0 Å². The van der Waals surface area contributed by atoms with E-state index < -0.39 is 6.10 Å². The van der Waals surface area contributed by atoms with Crippen LogP contribution in [0.1, 0.15) is 12.0 Å². The molecule has 3 rings (SSSR count). The maximum atomic E-state index is 12.6. The molecule has 0 bridgehead atoms. The Labute approximate surface area is 129 Å². The number of hydrogen-bond donors (Lipinski definition) is 2. The number of hydrogen-bond acceptors (Lipinski definition) is 4. The molecule has 0 unspecified atom stereocenters. The summed E-state index contributed by atoms with van der Waals surface area (Å²) in [7, 11) is 0. The van der Waals surface area contributed by atoms with E-state index >= 15 is 0 Å². The maximum absolute atomic E-state index is 12.6. The number of rotatable bonds is 2. The first-order valence-corrected chi connectivity index (χ1v) is 7.00. The van der Waals surface area contributed by atoms with Crippen molar-refractivity contribution in [1.82, 2.24) is 14.9 Å². The molecule has 1 fully saturated rings. The van der Waals surface area contributed by atoms with Gasteiger partial charge in [-0.1, -0.05) is 12.1 Å². The number of aromatic nitrogens is 2. The van der Waals surface area contributed by atoms with E-state index in [1.54, 1.807) is 10.9 Å². The second-order valence-corrected chi connectivity index (χ2v) is 5.49. The van der Waals surface area contributed by atoms with Gasteiger partial charge in [0.1, 0.15) is 0 Å². The smallest absolute Gasteiger partial charge is 0.261 e. The quantitative estimate of drug-likeness (QED) is 0.872. The van der Waals surface area contributed by atoms with Crippen LogP contribution in [-0.4, -0.2) is 33.9 Å². The molecule has 2 heterocycles. The van der Waals surface area contributed by atoms with Crippen LogP contribution in [-0.2, 0) is 6.54 Å². The van der Waals surface area contributed by atoms with Crippen LogP contribution >= 0.6 is 12.4 Å². The van der Waals surface area contributed by atoms with Crippen molar-refractivity contribution in [3.05, 3.63) is 40.4 Å². The van der Waals surface area contributed by atoms with E-state index in [9.17, 15) is 9.90 Å². The fraction of sp³-hybridized carbons (Fsp3) is 0.467. The average molecular weight is 310 g/mol. The number of halogens is 1. The standard InChI is InChI=1S/C15H19N3O2.ClH/c1-10-3-2-4-12-14(10)15(20)18(9-17-12)8-11-5-6-16-7-13(11)19;/h2-4,9,11,13,16,19H,5-8H2,1H3;1H/t11-,13+;/m0./s1. The van der Waals surface area contributed by atoms with Crippen molar-refractivity contribution < 1.29 is 5.11 Å². The third-order valence-corrected chi connectivity index (χ3v) is 4.08. The minimum absolute atomic E-state index is 0. The summed E-state index contributed by atoms with van der Waals surface area (Å²) in [5.41, 5.74) is 1.66. The molecule has 114 valence electrons. The monoisotopic (exact) mass is 309 g/mol. The molecule has 6 heteroatoms. The number of fused-ring (bicyclic) bond motifs is 1. The Morgan fingerprint density at radius 1 is 1.48 bits per heavy atom. The van der Waals surface area contributed by atoms with Crippen LogP contribution < -0.4 is 10.9 Å². The van der Waals surface area contributed by atoms with Gasteiger partial charge in [0, 0.05) is 19.0 Å². The minimum atomic E-state index is -0.400. The molecule has 0 amide bonds. The zero-order valence-corrected chi connectivity index (χ0v) is 12.8. The summed E-state index contributed by atoms with van der Waals surface area (Å²) in [5, 5.41) is 13.8. The highest BCUT2D eigenvalue weighted by Gasteiger charge is 2.23. The molecular formula is C15H20ClN3O2. The van der Waals surface area contributed by atoms with Gasteiger partial charge >= 0.3 is 0 Å². The Morgan fingerprint density at radius 2 is 2.29 bits per heavy atom. The van der Waals surface area contributed by atoms with Crippen LogP contribution in [0.2, 0.25) is 0 Å². The first-order chi connectivity index (χ1) is 9.66. The molecule has 1 saturated heterocycles. The molecule has 21 heavy (non-hydrogen) atoms. The highest BCUT2D eigenvalue weighted by molar-refractivity contribution is 5.85. The number of aryl methyl sites for hydroxylation is 1. The molecule has 0 spiro atoms. The SMILES string of the molecule is Cc1cccc2ncn(C[C@@H]3CCNC[C@H]3O)c(=O)c12.Cl. The van der Waals surface area contributed by atoms with Crippen molar-refractivity contribution in [2.24, 2.45) is 5.92 Å². The van der Waals surface area contributed by atoms with E-state index in [1.807, 2.05) is 25.1 Å². The zero-order valence-electron chi connectivity index (χ0n) is 12.0. The normalized spacial score (nSPS) is 22.0. The molecule has 1 aromatic carbocycles. The van der Waals surface area contributed by atoms with Crippen LogP contribution in [0.4, 0.5) is 0 Å². The van der Waals surface area contributed by atoms with Crippen LogP contribution in [0.3, 0.4) is 0 Å². The van der Waals surface area contributed by atoms with Crippen molar-refractivity contribution in [2.45, 2.75) is 26.0 Å². The van der Waals surface area contributed by atoms with Gasteiger partial charge in [0.05, 0.1) is 23.3 Å². The van der Waals surface area contributed by atoms with E-state index in [0.29, 0.717) is 18.5 Å². The summed E-state index contributed by atoms with van der Waals surface area (Å²) in [5.74, 6) is 0.109. The molecule has 1 aromatic heterocycles. The Balaban J connectivity index is 0.00000161. The Hall–Kier alpha value is -1.43. The third-order valence-electron chi connectivity index (χ3n) is 4.08. The van der Waals surface area contributed by atoms with E-state index in [-0.39, 0.29) is 23.9 Å². The van der Waals surface area contributed by atoms with Gasteiger partial charge in [0.15, 0.2) is 0 Å². The van der Waals surface area contributed by atoms with Gasteiger partial charge in [-0.2, -0.15) is 0 Å². The second kappa shape index (κ2) is 6.56. The zero-order chi connectivity index (χ0) is 14.1. The molecule has 2 N–H and O–H groups in total. The van der Waals surface area contributed by atoms with Crippen molar-refractivity contribution in [1.29, 1.82) is 0 Å². The van der Waals surface area contributed by atoms with Crippen LogP contribution in [0.25, 0.3) is 10.9 Å². The second-order valence-electron chi connectivity index (χ2n) is 5.49. The lowest BCUT2D eigenvalue weighted by Crippen LogP contribution is -2.43. The molecule has 0 radical (unpaired) electrons. The van der Waals surface area contributed by atoms with Gasteiger partial charge in [-0.3, -0.25) is 9.36 Å². The van der Waals surface area contributed by atoms with Crippen molar-refractivity contribution in [3.63, 3.8) is 0 Å². The highest BCUT2D eigenvalue weighted by atomic mass is 35.5. The third kappa shape index (κ3) is 3.10. The molecule has 5 nitrogen and oxygen atoms in total. The summed E-state index contributed by atoms with van der Waals surface area (Å²) >= 11 is 0. The molecule has 1 aliphatic rings. The van der Waals surface area contributed by atoms with Gasteiger partial charge in [0.2, 0.25) is 0 Å². The number of aliphatic hydroxyl groups is 1. The highest BCUT2D eigenvalue weighted by Crippen LogP contribution is 2.16. The summed E-state index contributed by atoms with van der Waals surface area (Å²) in [6.07, 6.45) is 2.07. The lowest BCUT2D eigenvalue weighted by atomic mass is 9.95. The number of aliphatic hydroxyl groups excluding tert-OH is 1. The first-order valence-electron chi connectivity index (χ1n) is 7.00. The van der Waals surface area contributed by atoms with Gasteiger partial charge in [-0.25, -0.2) is 4.98 Å². The van der Waals surface area contributed by atoms with Crippen molar-refractivity contribution >= 4 is 23.3 Å². The van der Waals surface area contributed by atoms with Crippen LogP contribution in [0.15, 0.2) is 29.3 Å². The minimum Gasteiger partial charge on any atom is -0.391 e. The summed E-state index contributed by atoms with van der Waals surface area (Å²) < 4.78 is 1.63. The number of β-amino-alcohol motifs (C(OH)–C–C–N with tert-alkyl or cyclic N) is 1. The molecule has 0 aliphatic carbocycles. The van der Waals surface area contributed by atoms with Crippen LogP contribution in [0.5, 0.6) is 0 Å².